The number of nitrogens with zero attached hydrogens (tertiary/aromatic N) is 1. The number of aryl methyl sites for hydroxylation is 1. The Morgan fingerprint density at radius 1 is 0.903 bits per heavy atom. The first-order valence-corrected chi connectivity index (χ1v) is 12.6. The van der Waals surface area contributed by atoms with Crippen molar-refractivity contribution in [3.63, 3.8) is 0 Å². The van der Waals surface area contributed by atoms with Crippen LogP contribution in [0.4, 0.5) is 0 Å². The molecule has 2 unspecified atom stereocenters. The van der Waals surface area contributed by atoms with Gasteiger partial charge in [0, 0.05) is 31.5 Å². The van der Waals surface area contributed by atoms with Crippen molar-refractivity contribution in [3.05, 3.63) is 70.8 Å². The summed E-state index contributed by atoms with van der Waals surface area (Å²) in [6, 6.07) is 18.7. The monoisotopic (exact) mass is 413 g/mol. The third kappa shape index (κ3) is 3.78. The van der Waals surface area contributed by atoms with Gasteiger partial charge in [-0.25, -0.2) is 0 Å². The van der Waals surface area contributed by atoms with Crippen LogP contribution in [0.3, 0.4) is 0 Å². The van der Waals surface area contributed by atoms with Crippen LogP contribution in [-0.2, 0) is 17.6 Å². The molecule has 4 aliphatic rings. The Kier molecular flexibility index (Phi) is 5.02. The van der Waals surface area contributed by atoms with Crippen LogP contribution < -0.4 is 0 Å². The lowest BCUT2D eigenvalue weighted by Crippen LogP contribution is -2.38. The van der Waals surface area contributed by atoms with E-state index in [1.165, 1.54) is 61.0 Å². The molecule has 0 bridgehead atoms. The Hall–Kier alpha value is -1.93. The first-order valence-electron chi connectivity index (χ1n) is 12.6. The number of hydrogen-bond acceptors (Lipinski definition) is 2. The minimum absolute atomic E-state index is 0.391. The summed E-state index contributed by atoms with van der Waals surface area (Å²) in [5, 5.41) is 0. The molecule has 0 amide bonds. The van der Waals surface area contributed by atoms with E-state index in [4.69, 9.17) is 0 Å². The number of hydrogen-bond donors (Lipinski definition) is 0. The Labute approximate surface area is 187 Å². The van der Waals surface area contributed by atoms with Crippen LogP contribution in [0.5, 0.6) is 0 Å². The molecular formula is C29H35NO. The molecule has 3 fully saturated rings. The van der Waals surface area contributed by atoms with Crippen LogP contribution in [0.25, 0.3) is 0 Å². The number of rotatable bonds is 5. The number of carbonyl (C=O) groups is 1. The molecule has 2 heteroatoms. The first-order chi connectivity index (χ1) is 15.2. The lowest BCUT2D eigenvalue weighted by Gasteiger charge is -2.36. The zero-order valence-corrected chi connectivity index (χ0v) is 18.8. The van der Waals surface area contributed by atoms with Gasteiger partial charge in [-0.05, 0) is 85.8 Å². The highest BCUT2D eigenvalue weighted by atomic mass is 16.1. The van der Waals surface area contributed by atoms with Crippen LogP contribution in [0.2, 0.25) is 0 Å². The number of fused-ring (bicyclic) bond motifs is 2. The predicted octanol–water partition coefficient (Wildman–Crippen LogP) is 5.57. The zero-order valence-electron chi connectivity index (χ0n) is 18.8. The molecule has 4 atom stereocenters. The molecule has 31 heavy (non-hydrogen) atoms. The third-order valence-electron chi connectivity index (χ3n) is 8.95. The van der Waals surface area contributed by atoms with E-state index in [0.29, 0.717) is 29.5 Å². The summed E-state index contributed by atoms with van der Waals surface area (Å²) in [5.41, 5.74) is 5.85. The van der Waals surface area contributed by atoms with Gasteiger partial charge in [0.25, 0.3) is 0 Å². The molecule has 2 nitrogen and oxygen atoms in total. The van der Waals surface area contributed by atoms with Crippen LogP contribution in [0.1, 0.15) is 60.3 Å². The second-order valence-electron chi connectivity index (χ2n) is 10.9. The average Bonchev–Trinajstić information content (AvgIpc) is 3.09. The number of ketones is 1. The van der Waals surface area contributed by atoms with Gasteiger partial charge in [-0.3, -0.25) is 9.69 Å². The first kappa shape index (κ1) is 19.7. The number of likely N-dealkylation sites (tertiary alicyclic amines) is 1. The van der Waals surface area contributed by atoms with E-state index in [0.717, 1.165) is 31.2 Å². The molecule has 2 aromatic rings. The molecule has 6 rings (SSSR count). The normalized spacial score (nSPS) is 34.4. The molecule has 1 saturated heterocycles. The molecule has 1 aliphatic heterocycles. The maximum Gasteiger partial charge on any atom is 0.136 e. The van der Waals surface area contributed by atoms with Crippen LogP contribution >= 0.6 is 0 Å². The second-order valence-corrected chi connectivity index (χ2v) is 10.9. The summed E-state index contributed by atoms with van der Waals surface area (Å²) in [4.78, 5) is 15.8. The van der Waals surface area contributed by atoms with E-state index < -0.39 is 0 Å². The third-order valence-corrected chi connectivity index (χ3v) is 8.95. The topological polar surface area (TPSA) is 20.3 Å². The molecular weight excluding hydrogens is 378 g/mol. The Bertz CT molecular complexity index is 946. The highest BCUT2D eigenvalue weighted by molar-refractivity contribution is 5.85. The van der Waals surface area contributed by atoms with Crippen molar-refractivity contribution in [1.82, 2.24) is 4.90 Å². The largest absolute Gasteiger partial charge is 0.300 e. The molecule has 0 aromatic heterocycles. The highest BCUT2D eigenvalue weighted by Crippen LogP contribution is 2.54. The smallest absolute Gasteiger partial charge is 0.136 e. The Morgan fingerprint density at radius 3 is 2.35 bits per heavy atom. The second kappa shape index (κ2) is 7.89. The van der Waals surface area contributed by atoms with Crippen molar-refractivity contribution in [2.45, 2.75) is 63.8 Å². The van der Waals surface area contributed by atoms with Gasteiger partial charge in [0.1, 0.15) is 5.78 Å². The molecule has 162 valence electrons. The summed E-state index contributed by atoms with van der Waals surface area (Å²) in [6.45, 7) is 4.54. The fraction of sp³-hybridized carbons (Fsp3) is 0.552. The van der Waals surface area contributed by atoms with E-state index in [-0.39, 0.29) is 0 Å². The van der Waals surface area contributed by atoms with E-state index in [1.807, 2.05) is 0 Å². The van der Waals surface area contributed by atoms with Gasteiger partial charge in [-0.2, -0.15) is 0 Å². The number of piperidine rings is 1. The van der Waals surface area contributed by atoms with Crippen molar-refractivity contribution >= 4 is 5.78 Å². The summed E-state index contributed by atoms with van der Waals surface area (Å²) < 4.78 is 0. The lowest BCUT2D eigenvalue weighted by molar-refractivity contribution is -0.122. The van der Waals surface area contributed by atoms with E-state index in [1.54, 1.807) is 0 Å². The number of carbonyl (C=O) groups excluding carboxylic acids is 1. The molecule has 2 saturated carbocycles. The fourth-order valence-corrected chi connectivity index (χ4v) is 7.24. The van der Waals surface area contributed by atoms with Crippen molar-refractivity contribution in [3.8, 4) is 0 Å². The van der Waals surface area contributed by atoms with Gasteiger partial charge < -0.3 is 0 Å². The van der Waals surface area contributed by atoms with Gasteiger partial charge in [0.15, 0.2) is 0 Å². The van der Waals surface area contributed by atoms with Gasteiger partial charge in [0.2, 0.25) is 0 Å². The quantitative estimate of drug-likeness (QED) is 0.638. The predicted molar refractivity (Wildman–Crippen MR) is 125 cm³/mol. The van der Waals surface area contributed by atoms with Gasteiger partial charge in [0.05, 0.1) is 0 Å². The maximum atomic E-state index is 13.1. The summed E-state index contributed by atoms with van der Waals surface area (Å²) in [6.07, 6.45) is 8.35. The van der Waals surface area contributed by atoms with Crippen LogP contribution in [0.15, 0.2) is 48.5 Å². The number of benzene rings is 2. The molecule has 0 radical (unpaired) electrons. The Balaban J connectivity index is 0.976. The SMILES string of the molecule is Cc1ccc2c(c1)CC(CC(=O)C1[C@H]3CN(C4CCC(c5ccccc5)CC4)C[C@@H]13)C2. The molecule has 3 aliphatic carbocycles. The highest BCUT2D eigenvalue weighted by Gasteiger charge is 2.59. The Morgan fingerprint density at radius 2 is 1.61 bits per heavy atom. The lowest BCUT2D eigenvalue weighted by atomic mass is 9.81. The maximum absolute atomic E-state index is 13.1. The van der Waals surface area contributed by atoms with Gasteiger partial charge in [-0.1, -0.05) is 54.1 Å². The average molecular weight is 414 g/mol. The minimum atomic E-state index is 0.391. The molecule has 2 aromatic carbocycles. The summed E-state index contributed by atoms with van der Waals surface area (Å²) in [5.74, 6) is 3.62. The van der Waals surface area contributed by atoms with E-state index in [2.05, 4.69) is 60.4 Å². The standard InChI is InChI=1S/C29H35NO/c1-19-7-8-23-14-20(15-24(23)13-19)16-28(31)29-26-17-30(18-27(26)29)25-11-9-22(10-12-25)21-5-3-2-4-6-21/h2-8,13,20,22,25-27,29H,9-12,14-18H2,1H3/t20?,22?,25?,26-,27+,29?. The number of Topliss-reactive ketones (excluding diaryl/α,β-unsaturated/α-hetero) is 1. The molecule has 0 spiro atoms. The van der Waals surface area contributed by atoms with Crippen molar-refractivity contribution in [2.24, 2.45) is 23.7 Å². The van der Waals surface area contributed by atoms with Crippen molar-refractivity contribution in [1.29, 1.82) is 0 Å². The van der Waals surface area contributed by atoms with Crippen LogP contribution in [0, 0.1) is 30.6 Å². The van der Waals surface area contributed by atoms with E-state index in [9.17, 15) is 4.79 Å². The van der Waals surface area contributed by atoms with Crippen molar-refractivity contribution < 1.29 is 4.79 Å². The minimum Gasteiger partial charge on any atom is -0.300 e. The fourth-order valence-electron chi connectivity index (χ4n) is 7.24. The molecule has 1 heterocycles. The van der Waals surface area contributed by atoms with Crippen LogP contribution in [-0.4, -0.2) is 29.8 Å². The molecule has 0 N–H and O–H groups in total. The van der Waals surface area contributed by atoms with Gasteiger partial charge in [-0.15, -0.1) is 0 Å². The zero-order chi connectivity index (χ0) is 20.9. The van der Waals surface area contributed by atoms with E-state index >= 15 is 0 Å². The van der Waals surface area contributed by atoms with Crippen molar-refractivity contribution in [2.75, 3.05) is 13.1 Å². The summed E-state index contributed by atoms with van der Waals surface area (Å²) >= 11 is 0. The summed E-state index contributed by atoms with van der Waals surface area (Å²) in [7, 11) is 0. The van der Waals surface area contributed by atoms with Gasteiger partial charge >= 0.3 is 0 Å².